The van der Waals surface area contributed by atoms with Gasteiger partial charge in [-0.05, 0) is 19.1 Å². The number of amides is 1. The van der Waals surface area contributed by atoms with Crippen molar-refractivity contribution < 1.29 is 14.3 Å². The summed E-state index contributed by atoms with van der Waals surface area (Å²) in [5, 5.41) is 1.03. The molecule has 5 heteroatoms. The van der Waals surface area contributed by atoms with Gasteiger partial charge in [0.25, 0.3) is 0 Å². The molecule has 0 aliphatic heterocycles. The molecule has 0 saturated carbocycles. The van der Waals surface area contributed by atoms with E-state index in [0.29, 0.717) is 13.1 Å². The van der Waals surface area contributed by atoms with Gasteiger partial charge in [0.05, 0.1) is 19.0 Å². The van der Waals surface area contributed by atoms with Gasteiger partial charge in [0, 0.05) is 36.3 Å². The monoisotopic (exact) mass is 312 g/mol. The van der Waals surface area contributed by atoms with Crippen molar-refractivity contribution in [1.29, 1.82) is 0 Å². The second-order valence-electron chi connectivity index (χ2n) is 5.00. The number of methoxy groups -OCH3 is 1. The van der Waals surface area contributed by atoms with Crippen LogP contribution in [0.5, 0.6) is 0 Å². The number of likely N-dealkylation sites (N-methyl/N-ethyl adjacent to an activating group) is 1. The van der Waals surface area contributed by atoms with Crippen LogP contribution in [0, 0.1) is 0 Å². The second-order valence-corrected chi connectivity index (χ2v) is 5.00. The lowest BCUT2D eigenvalue weighted by molar-refractivity contribution is -0.141. The van der Waals surface area contributed by atoms with Gasteiger partial charge in [-0.3, -0.25) is 14.6 Å². The topological polar surface area (TPSA) is 59.5 Å². The minimum atomic E-state index is -0.321. The molecule has 0 saturated heterocycles. The molecule has 0 bridgehead atoms. The van der Waals surface area contributed by atoms with Crippen LogP contribution < -0.4 is 0 Å². The van der Waals surface area contributed by atoms with Crippen molar-refractivity contribution in [3.63, 3.8) is 0 Å². The van der Waals surface area contributed by atoms with Gasteiger partial charge in [-0.1, -0.05) is 24.3 Å². The number of pyridine rings is 1. The number of fused-ring (bicyclic) bond motifs is 1. The average Bonchev–Trinajstić information content (AvgIpc) is 2.60. The first-order valence-electron chi connectivity index (χ1n) is 7.53. The number of ether oxygens (including phenoxy) is 1. The van der Waals surface area contributed by atoms with Gasteiger partial charge < -0.3 is 9.64 Å². The minimum Gasteiger partial charge on any atom is -0.469 e. The Bertz CT molecular complexity index is 720. The molecule has 1 heterocycles. The highest BCUT2D eigenvalue weighted by Crippen LogP contribution is 2.17. The maximum Gasteiger partial charge on any atom is 0.307 e. The van der Waals surface area contributed by atoms with Crippen LogP contribution in [0.3, 0.4) is 0 Å². The van der Waals surface area contributed by atoms with Gasteiger partial charge >= 0.3 is 5.97 Å². The van der Waals surface area contributed by atoms with Gasteiger partial charge in [-0.2, -0.15) is 0 Å². The normalized spacial score (nSPS) is 10.9. The van der Waals surface area contributed by atoms with Crippen LogP contribution in [-0.2, 0) is 14.3 Å². The summed E-state index contributed by atoms with van der Waals surface area (Å²) in [6.45, 7) is 2.76. The van der Waals surface area contributed by atoms with Crippen molar-refractivity contribution in [2.24, 2.45) is 0 Å². The molecule has 2 rings (SSSR count). The molecule has 120 valence electrons. The number of rotatable bonds is 6. The predicted octanol–water partition coefficient (Wildman–Crippen LogP) is 2.66. The van der Waals surface area contributed by atoms with Crippen LogP contribution in [0.4, 0.5) is 0 Å². The van der Waals surface area contributed by atoms with Gasteiger partial charge in [-0.15, -0.1) is 0 Å². The van der Waals surface area contributed by atoms with Crippen molar-refractivity contribution in [2.75, 3.05) is 20.2 Å². The van der Waals surface area contributed by atoms with Gasteiger partial charge in [0.1, 0.15) is 0 Å². The Morgan fingerprint density at radius 3 is 2.78 bits per heavy atom. The summed E-state index contributed by atoms with van der Waals surface area (Å²) < 4.78 is 4.60. The van der Waals surface area contributed by atoms with Gasteiger partial charge in [0.15, 0.2) is 0 Å². The number of carbonyl (C=O) groups excluding carboxylic acids is 2. The molecular weight excluding hydrogens is 292 g/mol. The molecule has 23 heavy (non-hydrogen) atoms. The van der Waals surface area contributed by atoms with E-state index >= 15 is 0 Å². The fraction of sp³-hybridized carbons (Fsp3) is 0.278. The number of aromatic nitrogens is 1. The summed E-state index contributed by atoms with van der Waals surface area (Å²) in [6.07, 6.45) is 5.21. The molecule has 0 N–H and O–H groups in total. The highest BCUT2D eigenvalue weighted by Gasteiger charge is 2.11. The van der Waals surface area contributed by atoms with E-state index < -0.39 is 0 Å². The van der Waals surface area contributed by atoms with Crippen LogP contribution in [0.2, 0.25) is 0 Å². The summed E-state index contributed by atoms with van der Waals surface area (Å²) >= 11 is 0. The van der Waals surface area contributed by atoms with E-state index in [4.69, 9.17) is 0 Å². The Morgan fingerprint density at radius 2 is 2.04 bits per heavy atom. The number of esters is 1. The molecule has 0 aliphatic rings. The lowest BCUT2D eigenvalue weighted by Gasteiger charge is -2.18. The molecular formula is C18H20N2O3. The van der Waals surface area contributed by atoms with E-state index in [2.05, 4.69) is 9.72 Å². The summed E-state index contributed by atoms with van der Waals surface area (Å²) in [6, 6.07) is 9.70. The zero-order valence-electron chi connectivity index (χ0n) is 13.4. The Balaban J connectivity index is 2.11. The van der Waals surface area contributed by atoms with Crippen LogP contribution in [0.1, 0.15) is 18.9 Å². The van der Waals surface area contributed by atoms with Crippen molar-refractivity contribution in [2.45, 2.75) is 13.3 Å². The first-order chi connectivity index (χ1) is 11.2. The number of hydrogen-bond donors (Lipinski definition) is 0. The van der Waals surface area contributed by atoms with E-state index in [-0.39, 0.29) is 18.3 Å². The highest BCUT2D eigenvalue weighted by molar-refractivity contribution is 5.95. The van der Waals surface area contributed by atoms with Crippen LogP contribution in [0.15, 0.2) is 42.6 Å². The fourth-order valence-electron chi connectivity index (χ4n) is 2.28. The van der Waals surface area contributed by atoms with Crippen molar-refractivity contribution >= 4 is 28.9 Å². The largest absolute Gasteiger partial charge is 0.469 e. The zero-order valence-corrected chi connectivity index (χ0v) is 13.4. The molecule has 2 aromatic rings. The Kier molecular flexibility index (Phi) is 5.86. The van der Waals surface area contributed by atoms with E-state index in [9.17, 15) is 9.59 Å². The smallest absolute Gasteiger partial charge is 0.307 e. The third-order valence-electron chi connectivity index (χ3n) is 3.58. The molecule has 0 aliphatic carbocycles. The number of hydrogen-bond acceptors (Lipinski definition) is 4. The molecule has 5 nitrogen and oxygen atoms in total. The lowest BCUT2D eigenvalue weighted by atomic mass is 10.1. The molecule has 1 aromatic carbocycles. The number of para-hydroxylation sites is 1. The highest BCUT2D eigenvalue weighted by atomic mass is 16.5. The fourth-order valence-corrected chi connectivity index (χ4v) is 2.28. The third-order valence-corrected chi connectivity index (χ3v) is 3.58. The van der Waals surface area contributed by atoms with Crippen LogP contribution in [-0.4, -0.2) is 42.0 Å². The summed E-state index contributed by atoms with van der Waals surface area (Å²) in [7, 11) is 1.34. The Labute approximate surface area is 135 Å². The maximum atomic E-state index is 12.3. The SMILES string of the molecule is CCN(CCC(=O)OC)C(=O)/C=C\c1cccc2cccnc12. The lowest BCUT2D eigenvalue weighted by Crippen LogP contribution is -2.31. The first kappa shape index (κ1) is 16.7. The Hall–Kier alpha value is -2.69. The molecule has 0 spiro atoms. The van der Waals surface area contributed by atoms with Gasteiger partial charge in [0.2, 0.25) is 5.91 Å². The van der Waals surface area contributed by atoms with E-state index in [1.54, 1.807) is 17.2 Å². The summed E-state index contributed by atoms with van der Waals surface area (Å²) in [4.78, 5) is 29.4. The number of benzene rings is 1. The molecule has 0 unspecified atom stereocenters. The quantitative estimate of drug-likeness (QED) is 0.608. The van der Waals surface area contributed by atoms with E-state index in [0.717, 1.165) is 16.5 Å². The summed E-state index contributed by atoms with van der Waals surface area (Å²) in [5.41, 5.74) is 1.75. The number of nitrogens with zero attached hydrogens (tertiary/aromatic N) is 2. The number of carbonyl (C=O) groups is 2. The van der Waals surface area contributed by atoms with Gasteiger partial charge in [-0.25, -0.2) is 0 Å². The van der Waals surface area contributed by atoms with Crippen LogP contribution >= 0.6 is 0 Å². The van der Waals surface area contributed by atoms with E-state index in [1.165, 1.54) is 13.2 Å². The average molecular weight is 312 g/mol. The molecule has 0 fully saturated rings. The second kappa shape index (κ2) is 8.08. The summed E-state index contributed by atoms with van der Waals surface area (Å²) in [5.74, 6) is -0.456. The third kappa shape index (κ3) is 4.39. The first-order valence-corrected chi connectivity index (χ1v) is 7.53. The van der Waals surface area contributed by atoms with Crippen molar-refractivity contribution in [3.8, 4) is 0 Å². The Morgan fingerprint density at radius 1 is 1.26 bits per heavy atom. The molecule has 1 aromatic heterocycles. The zero-order chi connectivity index (χ0) is 16.7. The van der Waals surface area contributed by atoms with Crippen molar-refractivity contribution in [3.05, 3.63) is 48.2 Å². The molecule has 0 atom stereocenters. The van der Waals surface area contributed by atoms with E-state index in [1.807, 2.05) is 37.3 Å². The molecule has 0 radical (unpaired) electrons. The minimum absolute atomic E-state index is 0.135. The predicted molar refractivity (Wildman–Crippen MR) is 89.7 cm³/mol. The van der Waals surface area contributed by atoms with Crippen LogP contribution in [0.25, 0.3) is 17.0 Å². The molecule has 1 amide bonds. The maximum absolute atomic E-state index is 12.3. The standard InChI is InChI=1S/C18H20N2O3/c1-3-20(13-11-17(22)23-2)16(21)10-9-15-7-4-6-14-8-5-12-19-18(14)15/h4-10,12H,3,11,13H2,1-2H3/b10-9-. The van der Waals surface area contributed by atoms with Crippen molar-refractivity contribution in [1.82, 2.24) is 9.88 Å².